The highest BCUT2D eigenvalue weighted by molar-refractivity contribution is 6.32. The van der Waals surface area contributed by atoms with Gasteiger partial charge in [-0.15, -0.1) is 0 Å². The third-order valence-corrected chi connectivity index (χ3v) is 2.89. The van der Waals surface area contributed by atoms with Crippen LogP contribution in [0, 0.1) is 0 Å². The third-order valence-electron chi connectivity index (χ3n) is 2.61. The predicted octanol–water partition coefficient (Wildman–Crippen LogP) is 2.27. The van der Waals surface area contributed by atoms with Crippen molar-refractivity contribution in [1.82, 2.24) is 0 Å². The number of ether oxygens (including phenoxy) is 3. The topological polar surface area (TPSA) is 65.0 Å². The Labute approximate surface area is 103 Å². The molecule has 1 N–H and O–H groups in total. The van der Waals surface area contributed by atoms with Crippen molar-refractivity contribution in [2.45, 2.75) is 12.8 Å². The van der Waals surface area contributed by atoms with E-state index in [0.29, 0.717) is 27.8 Å². The second-order valence-corrected chi connectivity index (χ2v) is 4.01. The first-order chi connectivity index (χ1) is 8.06. The molecule has 0 bridgehead atoms. The Balaban J connectivity index is 2.65. The van der Waals surface area contributed by atoms with E-state index in [4.69, 9.17) is 30.9 Å². The molecule has 0 saturated carbocycles. The monoisotopic (exact) mass is 258 g/mol. The van der Waals surface area contributed by atoms with Gasteiger partial charge in [0.05, 0.1) is 23.6 Å². The SMILES string of the molecule is COc1c(Cl)cc2c(c1C(C)C(=O)O)OCO2. The van der Waals surface area contributed by atoms with E-state index in [1.807, 2.05) is 0 Å². The molecule has 1 unspecified atom stereocenters. The zero-order valence-corrected chi connectivity index (χ0v) is 10.1. The van der Waals surface area contributed by atoms with Crippen LogP contribution in [-0.4, -0.2) is 25.0 Å². The van der Waals surface area contributed by atoms with Gasteiger partial charge in [0, 0.05) is 6.07 Å². The summed E-state index contributed by atoms with van der Waals surface area (Å²) in [6, 6.07) is 1.56. The number of aliphatic carboxylic acids is 1. The number of benzene rings is 1. The molecule has 0 aromatic heterocycles. The van der Waals surface area contributed by atoms with Crippen molar-refractivity contribution >= 4 is 17.6 Å². The summed E-state index contributed by atoms with van der Waals surface area (Å²) >= 11 is 6.01. The minimum absolute atomic E-state index is 0.0537. The van der Waals surface area contributed by atoms with Crippen molar-refractivity contribution < 1.29 is 24.1 Å². The van der Waals surface area contributed by atoms with Gasteiger partial charge in [0.1, 0.15) is 5.75 Å². The van der Waals surface area contributed by atoms with Crippen LogP contribution in [0.5, 0.6) is 17.2 Å². The smallest absolute Gasteiger partial charge is 0.310 e. The van der Waals surface area contributed by atoms with Crippen molar-refractivity contribution in [1.29, 1.82) is 0 Å². The van der Waals surface area contributed by atoms with Gasteiger partial charge in [-0.3, -0.25) is 4.79 Å². The van der Waals surface area contributed by atoms with Gasteiger partial charge in [-0.25, -0.2) is 0 Å². The number of hydrogen-bond acceptors (Lipinski definition) is 4. The Bertz CT molecular complexity index is 468. The molecule has 5 nitrogen and oxygen atoms in total. The van der Waals surface area contributed by atoms with Gasteiger partial charge in [-0.05, 0) is 6.92 Å². The highest BCUT2D eigenvalue weighted by Crippen LogP contribution is 2.48. The number of rotatable bonds is 3. The summed E-state index contributed by atoms with van der Waals surface area (Å²) in [6.07, 6.45) is 0. The van der Waals surface area contributed by atoms with Crippen LogP contribution in [0.3, 0.4) is 0 Å². The Morgan fingerprint density at radius 2 is 2.29 bits per heavy atom. The predicted molar refractivity (Wildman–Crippen MR) is 60.2 cm³/mol. The average molecular weight is 259 g/mol. The van der Waals surface area contributed by atoms with E-state index in [1.165, 1.54) is 7.11 Å². The van der Waals surface area contributed by atoms with E-state index in [-0.39, 0.29) is 6.79 Å². The fourth-order valence-corrected chi connectivity index (χ4v) is 2.02. The molecule has 17 heavy (non-hydrogen) atoms. The Morgan fingerprint density at radius 1 is 1.59 bits per heavy atom. The van der Waals surface area contributed by atoms with Crippen molar-refractivity contribution in [3.8, 4) is 17.2 Å². The zero-order chi connectivity index (χ0) is 12.6. The molecular formula is C11H11ClO5. The van der Waals surface area contributed by atoms with Gasteiger partial charge in [-0.2, -0.15) is 0 Å². The van der Waals surface area contributed by atoms with E-state index >= 15 is 0 Å². The normalized spacial score (nSPS) is 14.5. The second kappa shape index (κ2) is 4.33. The molecule has 6 heteroatoms. The first-order valence-corrected chi connectivity index (χ1v) is 5.32. The molecule has 2 rings (SSSR count). The number of hydrogen-bond donors (Lipinski definition) is 1. The van der Waals surface area contributed by atoms with Gasteiger partial charge >= 0.3 is 5.97 Å². The quantitative estimate of drug-likeness (QED) is 0.901. The molecule has 0 fully saturated rings. The maximum Gasteiger partial charge on any atom is 0.310 e. The van der Waals surface area contributed by atoms with Crippen molar-refractivity contribution in [3.05, 3.63) is 16.7 Å². The first kappa shape index (κ1) is 11.9. The van der Waals surface area contributed by atoms with Gasteiger partial charge < -0.3 is 19.3 Å². The average Bonchev–Trinajstić information content (AvgIpc) is 2.73. The molecule has 0 radical (unpaired) electrons. The van der Waals surface area contributed by atoms with Crippen LogP contribution >= 0.6 is 11.6 Å². The number of carbonyl (C=O) groups is 1. The third kappa shape index (κ3) is 1.86. The van der Waals surface area contributed by atoms with Crippen molar-refractivity contribution in [3.63, 3.8) is 0 Å². The molecule has 1 aromatic rings. The minimum atomic E-state index is -0.983. The van der Waals surface area contributed by atoms with E-state index in [0.717, 1.165) is 0 Å². The lowest BCUT2D eigenvalue weighted by molar-refractivity contribution is -0.138. The summed E-state index contributed by atoms with van der Waals surface area (Å²) in [4.78, 5) is 11.1. The van der Waals surface area contributed by atoms with Gasteiger partial charge in [0.2, 0.25) is 6.79 Å². The maximum atomic E-state index is 11.1. The number of carboxylic acids is 1. The fraction of sp³-hybridized carbons (Fsp3) is 0.364. The summed E-state index contributed by atoms with van der Waals surface area (Å²) in [5.41, 5.74) is 0.403. The number of fused-ring (bicyclic) bond motifs is 1. The summed E-state index contributed by atoms with van der Waals surface area (Å²) in [5.74, 6) is -0.631. The molecule has 0 amide bonds. The van der Waals surface area contributed by atoms with E-state index in [1.54, 1.807) is 13.0 Å². The Kier molecular flexibility index (Phi) is 3.02. The van der Waals surface area contributed by atoms with Crippen LogP contribution in [0.2, 0.25) is 5.02 Å². The summed E-state index contributed by atoms with van der Waals surface area (Å²) < 4.78 is 15.6. The summed E-state index contributed by atoms with van der Waals surface area (Å²) in [7, 11) is 1.43. The molecule has 1 aliphatic heterocycles. The van der Waals surface area contributed by atoms with Crippen LogP contribution in [0.4, 0.5) is 0 Å². The van der Waals surface area contributed by atoms with E-state index in [9.17, 15) is 4.79 Å². The van der Waals surface area contributed by atoms with E-state index in [2.05, 4.69) is 0 Å². The lowest BCUT2D eigenvalue weighted by Crippen LogP contribution is -2.10. The highest BCUT2D eigenvalue weighted by Gasteiger charge is 2.30. The fourth-order valence-electron chi connectivity index (χ4n) is 1.74. The van der Waals surface area contributed by atoms with Crippen LogP contribution in [0.25, 0.3) is 0 Å². The van der Waals surface area contributed by atoms with Gasteiger partial charge in [0.15, 0.2) is 11.5 Å². The molecule has 0 spiro atoms. The lowest BCUT2D eigenvalue weighted by Gasteiger charge is -2.15. The number of carboxylic acid groups (broad SMARTS) is 1. The molecular weight excluding hydrogens is 248 g/mol. The van der Waals surface area contributed by atoms with Crippen LogP contribution < -0.4 is 14.2 Å². The molecule has 0 aliphatic carbocycles. The minimum Gasteiger partial charge on any atom is -0.495 e. The van der Waals surface area contributed by atoms with E-state index < -0.39 is 11.9 Å². The number of halogens is 1. The first-order valence-electron chi connectivity index (χ1n) is 4.95. The van der Waals surface area contributed by atoms with Crippen LogP contribution in [0.1, 0.15) is 18.4 Å². The molecule has 1 aromatic carbocycles. The number of methoxy groups -OCH3 is 1. The van der Waals surface area contributed by atoms with Crippen molar-refractivity contribution in [2.24, 2.45) is 0 Å². The highest BCUT2D eigenvalue weighted by atomic mass is 35.5. The molecule has 1 atom stereocenters. The standard InChI is InChI=1S/C11H11ClO5/c1-5(11(13)14)8-9(15-2)6(12)3-7-10(8)17-4-16-7/h3,5H,4H2,1-2H3,(H,13,14). The molecule has 1 aliphatic rings. The van der Waals surface area contributed by atoms with Gasteiger partial charge in [-0.1, -0.05) is 11.6 Å². The van der Waals surface area contributed by atoms with Crippen LogP contribution in [0.15, 0.2) is 6.07 Å². The van der Waals surface area contributed by atoms with Gasteiger partial charge in [0.25, 0.3) is 0 Å². The summed E-state index contributed by atoms with van der Waals surface area (Å²) in [6.45, 7) is 1.59. The molecule has 92 valence electrons. The Morgan fingerprint density at radius 3 is 2.88 bits per heavy atom. The Hall–Kier alpha value is -1.62. The second-order valence-electron chi connectivity index (χ2n) is 3.60. The summed E-state index contributed by atoms with van der Waals surface area (Å²) in [5, 5.41) is 9.39. The molecule has 1 heterocycles. The maximum absolute atomic E-state index is 11.1. The van der Waals surface area contributed by atoms with Crippen molar-refractivity contribution in [2.75, 3.05) is 13.9 Å². The zero-order valence-electron chi connectivity index (χ0n) is 9.32. The van der Waals surface area contributed by atoms with Crippen LogP contribution in [-0.2, 0) is 4.79 Å². The molecule has 0 saturated heterocycles. The lowest BCUT2D eigenvalue weighted by atomic mass is 9.98. The largest absolute Gasteiger partial charge is 0.495 e.